The van der Waals surface area contributed by atoms with Gasteiger partial charge >= 0.3 is 0 Å². The fourth-order valence-electron chi connectivity index (χ4n) is 2.02. The molecule has 0 aliphatic rings. The van der Waals surface area contributed by atoms with Gasteiger partial charge in [0.1, 0.15) is 0 Å². The zero-order chi connectivity index (χ0) is 16.0. The van der Waals surface area contributed by atoms with Crippen molar-refractivity contribution in [3.05, 3.63) is 16.3 Å². The Balaban J connectivity index is 3.04. The smallest absolute Gasteiger partial charge is 0.244 e. The lowest BCUT2D eigenvalue weighted by atomic mass is 10.2. The van der Waals surface area contributed by atoms with Crippen LogP contribution >= 0.6 is 11.3 Å². The van der Waals surface area contributed by atoms with Crippen molar-refractivity contribution >= 4 is 21.4 Å². The van der Waals surface area contributed by atoms with Gasteiger partial charge in [0.2, 0.25) is 10.0 Å². The zero-order valence-corrected chi connectivity index (χ0v) is 15.2. The minimum atomic E-state index is -3.42. The summed E-state index contributed by atoms with van der Waals surface area (Å²) in [5.74, 6) is 0.299. The van der Waals surface area contributed by atoms with Gasteiger partial charge in [0, 0.05) is 31.1 Å². The van der Waals surface area contributed by atoms with Crippen LogP contribution in [-0.4, -0.2) is 58.4 Å². The van der Waals surface area contributed by atoms with Gasteiger partial charge in [-0.1, -0.05) is 13.8 Å². The number of sulfonamides is 1. The van der Waals surface area contributed by atoms with Crippen molar-refractivity contribution in [2.75, 3.05) is 40.8 Å². The van der Waals surface area contributed by atoms with E-state index < -0.39 is 10.0 Å². The van der Waals surface area contributed by atoms with Gasteiger partial charge in [-0.2, -0.15) is 4.31 Å². The van der Waals surface area contributed by atoms with Crippen LogP contribution in [0.3, 0.4) is 0 Å². The number of nitrogens with one attached hydrogen (secondary N) is 1. The fourth-order valence-corrected chi connectivity index (χ4v) is 5.04. The first kappa shape index (κ1) is 18.6. The Morgan fingerprint density at radius 2 is 1.95 bits per heavy atom. The molecule has 122 valence electrons. The van der Waals surface area contributed by atoms with Crippen molar-refractivity contribution < 1.29 is 8.42 Å². The van der Waals surface area contributed by atoms with Crippen LogP contribution in [0, 0.1) is 5.92 Å². The molecule has 1 rings (SSSR count). The van der Waals surface area contributed by atoms with Gasteiger partial charge in [-0.3, -0.25) is 0 Å². The molecular weight excluding hydrogens is 306 g/mol. The quantitative estimate of drug-likeness (QED) is 0.747. The van der Waals surface area contributed by atoms with Crippen LogP contribution in [0.2, 0.25) is 0 Å². The van der Waals surface area contributed by atoms with Gasteiger partial charge in [-0.25, -0.2) is 8.42 Å². The minimum absolute atomic E-state index is 0.299. The van der Waals surface area contributed by atoms with E-state index in [4.69, 9.17) is 0 Å². The van der Waals surface area contributed by atoms with Crippen LogP contribution in [0.15, 0.2) is 16.3 Å². The summed E-state index contributed by atoms with van der Waals surface area (Å²) in [6.07, 6.45) is 0. The Labute approximate surface area is 133 Å². The Hall–Kier alpha value is -0.470. The predicted molar refractivity (Wildman–Crippen MR) is 89.2 cm³/mol. The molecule has 0 amide bonds. The van der Waals surface area contributed by atoms with E-state index in [-0.39, 0.29) is 0 Å². The molecule has 0 aromatic carbocycles. The van der Waals surface area contributed by atoms with Crippen LogP contribution in [0.4, 0.5) is 0 Å². The Morgan fingerprint density at radius 3 is 2.48 bits per heavy atom. The Bertz CT molecular complexity index is 524. The summed E-state index contributed by atoms with van der Waals surface area (Å²) in [4.78, 5) is 3.32. The first-order valence-corrected chi connectivity index (χ1v) is 9.46. The summed E-state index contributed by atoms with van der Waals surface area (Å²) in [5.41, 5.74) is 0. The summed E-state index contributed by atoms with van der Waals surface area (Å²) >= 11 is 1.48. The maximum Gasteiger partial charge on any atom is 0.244 e. The number of rotatable bonds is 9. The largest absolute Gasteiger partial charge is 0.315 e. The molecule has 0 atom stereocenters. The van der Waals surface area contributed by atoms with E-state index in [1.165, 1.54) is 11.3 Å². The molecule has 0 saturated carbocycles. The van der Waals surface area contributed by atoms with Crippen LogP contribution in [0.25, 0.3) is 0 Å². The van der Waals surface area contributed by atoms with Gasteiger partial charge < -0.3 is 10.2 Å². The highest BCUT2D eigenvalue weighted by atomic mass is 32.2. The summed E-state index contributed by atoms with van der Waals surface area (Å²) in [6, 6.07) is 1.72. The van der Waals surface area contributed by atoms with Gasteiger partial charge in [0.15, 0.2) is 0 Å². The van der Waals surface area contributed by atoms with Crippen molar-refractivity contribution in [3.63, 3.8) is 0 Å². The van der Waals surface area contributed by atoms with E-state index >= 15 is 0 Å². The third-order valence-corrected chi connectivity index (χ3v) is 6.03. The average Bonchev–Trinajstić information content (AvgIpc) is 2.83. The number of hydrogen-bond donors (Lipinski definition) is 1. The number of thiophene rings is 1. The van der Waals surface area contributed by atoms with Crippen LogP contribution in [0.5, 0.6) is 0 Å². The van der Waals surface area contributed by atoms with E-state index in [1.54, 1.807) is 10.4 Å². The summed E-state index contributed by atoms with van der Waals surface area (Å²) < 4.78 is 27.5. The molecule has 0 spiro atoms. The number of nitrogens with zero attached hydrogens (tertiary/aromatic N) is 2. The van der Waals surface area contributed by atoms with Crippen LogP contribution in [0.1, 0.15) is 18.7 Å². The molecule has 1 aromatic heterocycles. The molecule has 0 aliphatic carbocycles. The molecule has 0 bridgehead atoms. The second-order valence-electron chi connectivity index (χ2n) is 5.80. The van der Waals surface area contributed by atoms with Crippen molar-refractivity contribution in [1.82, 2.24) is 14.5 Å². The maximum absolute atomic E-state index is 12.9. The van der Waals surface area contributed by atoms with Crippen molar-refractivity contribution in [2.45, 2.75) is 25.3 Å². The first-order chi connectivity index (χ1) is 9.78. The summed E-state index contributed by atoms with van der Waals surface area (Å²) in [5, 5.41) is 4.88. The molecule has 21 heavy (non-hydrogen) atoms. The third-order valence-electron chi connectivity index (χ3n) is 3.03. The molecule has 0 fully saturated rings. The number of hydrogen-bond acceptors (Lipinski definition) is 5. The standard InChI is InChI=1S/C14H27N3O2S2/c1-12(2)11-17(8-7-16(4)5)21(18,19)14-6-9-20-13(14)10-15-3/h6,9,12,15H,7-8,10-11H2,1-5H3. The lowest BCUT2D eigenvalue weighted by molar-refractivity contribution is 0.312. The van der Waals surface area contributed by atoms with E-state index in [2.05, 4.69) is 5.32 Å². The molecule has 0 aliphatic heterocycles. The van der Waals surface area contributed by atoms with Crippen LogP contribution < -0.4 is 5.32 Å². The van der Waals surface area contributed by atoms with Gasteiger partial charge in [0.25, 0.3) is 0 Å². The molecule has 1 heterocycles. The van der Waals surface area contributed by atoms with Crippen molar-refractivity contribution in [3.8, 4) is 0 Å². The monoisotopic (exact) mass is 333 g/mol. The second-order valence-corrected chi connectivity index (χ2v) is 8.71. The van der Waals surface area contributed by atoms with Gasteiger partial charge in [-0.15, -0.1) is 11.3 Å². The minimum Gasteiger partial charge on any atom is -0.315 e. The molecule has 0 radical (unpaired) electrons. The highest BCUT2D eigenvalue weighted by molar-refractivity contribution is 7.89. The third kappa shape index (κ3) is 5.34. The SMILES string of the molecule is CNCc1sccc1S(=O)(=O)N(CCN(C)C)CC(C)C. The van der Waals surface area contributed by atoms with Crippen molar-refractivity contribution in [2.24, 2.45) is 5.92 Å². The lowest BCUT2D eigenvalue weighted by Crippen LogP contribution is -2.39. The molecule has 0 saturated heterocycles. The normalized spacial score (nSPS) is 12.8. The predicted octanol–water partition coefficient (Wildman–Crippen LogP) is 1.68. The summed E-state index contributed by atoms with van der Waals surface area (Å²) in [7, 11) is 2.31. The van der Waals surface area contributed by atoms with Gasteiger partial charge in [-0.05, 0) is 38.5 Å². The number of likely N-dealkylation sites (N-methyl/N-ethyl adjacent to an activating group) is 1. The highest BCUT2D eigenvalue weighted by Gasteiger charge is 2.28. The van der Waals surface area contributed by atoms with E-state index in [9.17, 15) is 8.42 Å². The van der Waals surface area contributed by atoms with Crippen LogP contribution in [-0.2, 0) is 16.6 Å². The zero-order valence-electron chi connectivity index (χ0n) is 13.6. The lowest BCUT2D eigenvalue weighted by Gasteiger charge is -2.25. The maximum atomic E-state index is 12.9. The second kappa shape index (κ2) is 8.24. The fraction of sp³-hybridized carbons (Fsp3) is 0.714. The molecule has 7 heteroatoms. The topological polar surface area (TPSA) is 52.7 Å². The molecule has 1 N–H and O–H groups in total. The average molecular weight is 334 g/mol. The first-order valence-electron chi connectivity index (χ1n) is 7.15. The molecule has 5 nitrogen and oxygen atoms in total. The van der Waals surface area contributed by atoms with Gasteiger partial charge in [0.05, 0.1) is 4.90 Å². The molecule has 0 unspecified atom stereocenters. The van der Waals surface area contributed by atoms with E-state index in [0.717, 1.165) is 11.4 Å². The van der Waals surface area contributed by atoms with E-state index in [1.807, 2.05) is 45.3 Å². The van der Waals surface area contributed by atoms with Crippen molar-refractivity contribution in [1.29, 1.82) is 0 Å². The summed E-state index contributed by atoms with van der Waals surface area (Å²) in [6.45, 7) is 6.45. The molecular formula is C14H27N3O2S2. The van der Waals surface area contributed by atoms with E-state index in [0.29, 0.717) is 30.4 Å². The highest BCUT2D eigenvalue weighted by Crippen LogP contribution is 2.25. The Kier molecular flexibility index (Phi) is 7.29. The Morgan fingerprint density at radius 1 is 1.29 bits per heavy atom. The molecule has 1 aromatic rings.